The highest BCUT2D eigenvalue weighted by atomic mass is 15.2. The summed E-state index contributed by atoms with van der Waals surface area (Å²) in [6, 6.07) is 29.2. The van der Waals surface area contributed by atoms with Gasteiger partial charge in [0.15, 0.2) is 0 Å². The van der Waals surface area contributed by atoms with E-state index in [4.69, 9.17) is 4.98 Å². The Morgan fingerprint density at radius 1 is 0.756 bits per heavy atom. The molecule has 8 heteroatoms. The van der Waals surface area contributed by atoms with Crippen molar-refractivity contribution in [3.8, 4) is 11.1 Å². The van der Waals surface area contributed by atoms with Crippen LogP contribution >= 0.6 is 0 Å². The van der Waals surface area contributed by atoms with Gasteiger partial charge in [0.05, 0.1) is 16.6 Å². The summed E-state index contributed by atoms with van der Waals surface area (Å²) in [5.41, 5.74) is 9.50. The number of aromatic nitrogens is 4. The minimum Gasteiger partial charge on any atom is -0.369 e. The van der Waals surface area contributed by atoms with Gasteiger partial charge in [0.2, 0.25) is 11.9 Å². The summed E-state index contributed by atoms with van der Waals surface area (Å²) in [7, 11) is 2.18. The number of imidazole rings is 1. The molecular formula is C33H32N8. The molecule has 3 heterocycles. The highest BCUT2D eigenvalue weighted by molar-refractivity contribution is 5.86. The number of nitrogens with one attached hydrogen (secondary N) is 3. The van der Waals surface area contributed by atoms with Crippen molar-refractivity contribution in [2.45, 2.75) is 6.92 Å². The number of hydrogen-bond donors (Lipinski definition) is 3. The molecule has 7 rings (SSSR count). The maximum atomic E-state index is 4.78. The summed E-state index contributed by atoms with van der Waals surface area (Å²) in [4.78, 5) is 22.2. The number of likely N-dealkylation sites (N-methyl/N-ethyl adjacent to an activating group) is 1. The van der Waals surface area contributed by atoms with Crippen molar-refractivity contribution in [1.82, 2.24) is 24.8 Å². The van der Waals surface area contributed by atoms with E-state index in [1.165, 1.54) is 11.3 Å². The lowest BCUT2D eigenvalue weighted by Gasteiger charge is -2.34. The number of anilines is 5. The minimum absolute atomic E-state index is 0.589. The van der Waals surface area contributed by atoms with Gasteiger partial charge in [-0.3, -0.25) is 0 Å². The van der Waals surface area contributed by atoms with E-state index in [2.05, 4.69) is 110 Å². The molecule has 0 unspecified atom stereocenters. The first-order valence-corrected chi connectivity index (χ1v) is 14.0. The van der Waals surface area contributed by atoms with Crippen LogP contribution < -0.4 is 15.5 Å². The number of rotatable bonds is 6. The van der Waals surface area contributed by atoms with Gasteiger partial charge in [0.25, 0.3) is 0 Å². The standard InChI is InChI=1S/C33H32N8/c1-22-7-9-26(36-33-38-30-5-3-4-6-31(30)39-33)20-28(22)23-8-14-29-24(19-23)21-34-32(37-29)35-25-10-12-27(13-11-25)41-17-15-40(2)16-18-41/h3-14,19-21H,15-18H2,1-2H3,(H,34,35,37)(H2,36,38,39). The predicted octanol–water partition coefficient (Wildman–Crippen LogP) is 6.72. The lowest BCUT2D eigenvalue weighted by Crippen LogP contribution is -2.44. The Morgan fingerprint density at radius 3 is 2.39 bits per heavy atom. The monoisotopic (exact) mass is 540 g/mol. The Labute approximate surface area is 239 Å². The summed E-state index contributed by atoms with van der Waals surface area (Å²) >= 11 is 0. The van der Waals surface area contributed by atoms with Gasteiger partial charge in [-0.2, -0.15) is 0 Å². The zero-order valence-corrected chi connectivity index (χ0v) is 23.2. The van der Waals surface area contributed by atoms with Gasteiger partial charge in [-0.1, -0.05) is 24.3 Å². The first-order valence-electron chi connectivity index (χ1n) is 14.0. The van der Waals surface area contributed by atoms with Gasteiger partial charge >= 0.3 is 0 Å². The number of nitrogens with zero attached hydrogens (tertiary/aromatic N) is 5. The Bertz CT molecular complexity index is 1800. The Balaban J connectivity index is 1.08. The summed E-state index contributed by atoms with van der Waals surface area (Å²) in [5.74, 6) is 1.31. The van der Waals surface area contributed by atoms with Crippen LogP contribution in [-0.4, -0.2) is 58.1 Å². The van der Waals surface area contributed by atoms with Crippen LogP contribution in [0.25, 0.3) is 33.1 Å². The van der Waals surface area contributed by atoms with Crippen LogP contribution in [0, 0.1) is 6.92 Å². The second-order valence-corrected chi connectivity index (χ2v) is 10.7. The maximum Gasteiger partial charge on any atom is 0.227 e. The number of para-hydroxylation sites is 2. The summed E-state index contributed by atoms with van der Waals surface area (Å²) < 4.78 is 0. The fourth-order valence-corrected chi connectivity index (χ4v) is 5.37. The van der Waals surface area contributed by atoms with E-state index in [1.807, 2.05) is 30.5 Å². The molecule has 0 saturated carbocycles. The Kier molecular flexibility index (Phi) is 6.45. The predicted molar refractivity (Wildman–Crippen MR) is 169 cm³/mol. The molecule has 0 spiro atoms. The molecule has 41 heavy (non-hydrogen) atoms. The summed E-state index contributed by atoms with van der Waals surface area (Å²) in [5, 5.41) is 7.77. The Hall–Kier alpha value is -4.95. The highest BCUT2D eigenvalue weighted by Crippen LogP contribution is 2.31. The van der Waals surface area contributed by atoms with Crippen LogP contribution in [0.1, 0.15) is 5.56 Å². The van der Waals surface area contributed by atoms with E-state index >= 15 is 0 Å². The van der Waals surface area contributed by atoms with Crippen molar-refractivity contribution in [2.24, 2.45) is 0 Å². The van der Waals surface area contributed by atoms with Crippen molar-refractivity contribution in [3.63, 3.8) is 0 Å². The van der Waals surface area contributed by atoms with Crippen molar-refractivity contribution >= 4 is 50.9 Å². The summed E-state index contributed by atoms with van der Waals surface area (Å²) in [6.07, 6.45) is 1.89. The van der Waals surface area contributed by atoms with Crippen LogP contribution in [-0.2, 0) is 0 Å². The third-order valence-electron chi connectivity index (χ3n) is 7.77. The molecule has 204 valence electrons. The number of H-pyrrole nitrogens is 1. The third kappa shape index (κ3) is 5.29. The van der Waals surface area contributed by atoms with Crippen molar-refractivity contribution in [1.29, 1.82) is 0 Å². The second kappa shape index (κ2) is 10.6. The SMILES string of the molecule is Cc1ccc(Nc2nc3ccccc3[nH]2)cc1-c1ccc2nc(Nc3ccc(N4CCN(C)CC4)cc3)ncc2c1. The third-order valence-corrected chi connectivity index (χ3v) is 7.77. The molecule has 1 aliphatic heterocycles. The van der Waals surface area contributed by atoms with Gasteiger partial charge < -0.3 is 25.4 Å². The number of benzene rings is 4. The molecule has 0 radical (unpaired) electrons. The molecule has 1 aliphatic rings. The normalized spacial score (nSPS) is 14.0. The first-order chi connectivity index (χ1) is 20.1. The molecule has 1 fully saturated rings. The van der Waals surface area contributed by atoms with E-state index in [0.29, 0.717) is 5.95 Å². The fourth-order valence-electron chi connectivity index (χ4n) is 5.37. The zero-order chi connectivity index (χ0) is 27.8. The molecule has 1 saturated heterocycles. The zero-order valence-electron chi connectivity index (χ0n) is 23.2. The number of aryl methyl sites for hydroxylation is 1. The van der Waals surface area contributed by atoms with Crippen LogP contribution in [0.5, 0.6) is 0 Å². The molecule has 0 amide bonds. The fraction of sp³-hybridized carbons (Fsp3) is 0.182. The largest absolute Gasteiger partial charge is 0.369 e. The average molecular weight is 541 g/mol. The lowest BCUT2D eigenvalue weighted by molar-refractivity contribution is 0.313. The van der Waals surface area contributed by atoms with Crippen LogP contribution in [0.15, 0.2) is 91.1 Å². The van der Waals surface area contributed by atoms with Crippen molar-refractivity contribution < 1.29 is 0 Å². The number of fused-ring (bicyclic) bond motifs is 2. The molecule has 0 aliphatic carbocycles. The minimum atomic E-state index is 0.589. The number of piperazine rings is 1. The average Bonchev–Trinajstić information content (AvgIpc) is 3.41. The van der Waals surface area contributed by atoms with Gasteiger partial charge in [-0.15, -0.1) is 0 Å². The van der Waals surface area contributed by atoms with E-state index < -0.39 is 0 Å². The van der Waals surface area contributed by atoms with Gasteiger partial charge in [-0.25, -0.2) is 15.0 Å². The topological polar surface area (TPSA) is 85.0 Å². The lowest BCUT2D eigenvalue weighted by atomic mass is 9.98. The molecule has 3 N–H and O–H groups in total. The van der Waals surface area contributed by atoms with Crippen molar-refractivity contribution in [2.75, 3.05) is 48.8 Å². The number of aromatic amines is 1. The van der Waals surface area contributed by atoms with Crippen LogP contribution in [0.4, 0.5) is 29.0 Å². The Morgan fingerprint density at radius 2 is 1.56 bits per heavy atom. The smallest absolute Gasteiger partial charge is 0.227 e. The van der Waals surface area contributed by atoms with E-state index in [-0.39, 0.29) is 0 Å². The van der Waals surface area contributed by atoms with Crippen LogP contribution in [0.3, 0.4) is 0 Å². The van der Waals surface area contributed by atoms with E-state index in [1.54, 1.807) is 0 Å². The van der Waals surface area contributed by atoms with Crippen LogP contribution in [0.2, 0.25) is 0 Å². The number of hydrogen-bond acceptors (Lipinski definition) is 7. The van der Waals surface area contributed by atoms with Gasteiger partial charge in [-0.05, 0) is 91.3 Å². The highest BCUT2D eigenvalue weighted by Gasteiger charge is 2.14. The quantitative estimate of drug-likeness (QED) is 0.216. The maximum absolute atomic E-state index is 4.78. The molecule has 8 nitrogen and oxygen atoms in total. The summed E-state index contributed by atoms with van der Waals surface area (Å²) in [6.45, 7) is 6.43. The van der Waals surface area contributed by atoms with Gasteiger partial charge in [0.1, 0.15) is 0 Å². The van der Waals surface area contributed by atoms with E-state index in [0.717, 1.165) is 76.6 Å². The molecule has 2 aromatic heterocycles. The molecular weight excluding hydrogens is 508 g/mol. The van der Waals surface area contributed by atoms with Gasteiger partial charge in [0, 0.05) is 54.8 Å². The molecule has 0 bridgehead atoms. The van der Waals surface area contributed by atoms with E-state index in [9.17, 15) is 0 Å². The molecule has 4 aromatic carbocycles. The molecule has 6 aromatic rings. The molecule has 0 atom stereocenters. The van der Waals surface area contributed by atoms with Crippen molar-refractivity contribution in [3.05, 3.63) is 96.7 Å². The second-order valence-electron chi connectivity index (χ2n) is 10.7. The first kappa shape index (κ1) is 25.0.